The van der Waals surface area contributed by atoms with Gasteiger partial charge in [-0.2, -0.15) is 0 Å². The molecule has 1 N–H and O–H groups in total. The van der Waals surface area contributed by atoms with Crippen LogP contribution in [0.25, 0.3) is 10.8 Å². The van der Waals surface area contributed by atoms with E-state index < -0.39 is 0 Å². The van der Waals surface area contributed by atoms with Gasteiger partial charge in [-0.3, -0.25) is 4.79 Å². The molecule has 0 saturated heterocycles. The first-order valence-corrected chi connectivity index (χ1v) is 10.2. The molecule has 2 aromatic heterocycles. The van der Waals surface area contributed by atoms with Gasteiger partial charge < -0.3 is 14.5 Å². The van der Waals surface area contributed by atoms with E-state index in [4.69, 9.17) is 9.15 Å². The fourth-order valence-corrected chi connectivity index (χ4v) is 3.96. The van der Waals surface area contributed by atoms with Crippen LogP contribution in [0.15, 0.2) is 52.5 Å². The van der Waals surface area contributed by atoms with Crippen LogP contribution in [0.2, 0.25) is 0 Å². The zero-order chi connectivity index (χ0) is 18.2. The molecule has 0 aliphatic heterocycles. The maximum atomic E-state index is 11.9. The fraction of sp³-hybridized carbons (Fsp3) is 0.263. The van der Waals surface area contributed by atoms with E-state index in [1.165, 1.54) is 5.56 Å². The molecule has 7 heteroatoms. The zero-order valence-electron chi connectivity index (χ0n) is 14.4. The van der Waals surface area contributed by atoms with Crippen LogP contribution in [0.5, 0.6) is 5.75 Å². The number of nitrogens with one attached hydrogen (secondary N) is 1. The van der Waals surface area contributed by atoms with Crippen molar-refractivity contribution >= 4 is 29.0 Å². The Balaban J connectivity index is 1.34. The SMILES string of the molecule is COc1ccc(CCNC(=O)CSCc2csc(-c3ccco3)n2)cc1. The third kappa shape index (κ3) is 5.37. The first-order valence-electron chi connectivity index (χ1n) is 8.20. The van der Waals surface area contributed by atoms with Gasteiger partial charge in [0.1, 0.15) is 5.75 Å². The lowest BCUT2D eigenvalue weighted by Gasteiger charge is -2.06. The monoisotopic (exact) mass is 388 g/mol. The number of aromatic nitrogens is 1. The van der Waals surface area contributed by atoms with Crippen LogP contribution in [0.1, 0.15) is 11.3 Å². The number of carbonyl (C=O) groups excluding carboxylic acids is 1. The highest BCUT2D eigenvalue weighted by molar-refractivity contribution is 7.99. The zero-order valence-corrected chi connectivity index (χ0v) is 16.1. The van der Waals surface area contributed by atoms with Gasteiger partial charge in [0, 0.05) is 17.7 Å². The number of furan rings is 1. The van der Waals surface area contributed by atoms with Crippen LogP contribution in [0.3, 0.4) is 0 Å². The van der Waals surface area contributed by atoms with Crippen molar-refractivity contribution in [3.8, 4) is 16.5 Å². The number of ether oxygens (including phenoxy) is 1. The fourth-order valence-electron chi connectivity index (χ4n) is 2.32. The Bertz CT molecular complexity index is 814. The highest BCUT2D eigenvalue weighted by Crippen LogP contribution is 2.25. The maximum absolute atomic E-state index is 11.9. The molecule has 5 nitrogen and oxygen atoms in total. The molecule has 0 bridgehead atoms. The molecular weight excluding hydrogens is 368 g/mol. The number of methoxy groups -OCH3 is 1. The van der Waals surface area contributed by atoms with Gasteiger partial charge in [-0.15, -0.1) is 23.1 Å². The third-order valence-electron chi connectivity index (χ3n) is 3.66. The summed E-state index contributed by atoms with van der Waals surface area (Å²) >= 11 is 3.11. The number of hydrogen-bond donors (Lipinski definition) is 1. The molecule has 1 amide bonds. The molecule has 26 heavy (non-hydrogen) atoms. The van der Waals surface area contributed by atoms with E-state index in [1.807, 2.05) is 41.8 Å². The molecule has 3 rings (SSSR count). The van der Waals surface area contributed by atoms with Gasteiger partial charge in [-0.1, -0.05) is 12.1 Å². The van der Waals surface area contributed by atoms with E-state index in [0.29, 0.717) is 18.1 Å². The normalized spacial score (nSPS) is 10.7. The average Bonchev–Trinajstić information content (AvgIpc) is 3.34. The van der Waals surface area contributed by atoms with Gasteiger partial charge in [-0.05, 0) is 36.2 Å². The van der Waals surface area contributed by atoms with E-state index in [9.17, 15) is 4.79 Å². The van der Waals surface area contributed by atoms with Crippen LogP contribution in [-0.4, -0.2) is 30.3 Å². The summed E-state index contributed by atoms with van der Waals surface area (Å²) in [6.07, 6.45) is 2.44. The minimum Gasteiger partial charge on any atom is -0.497 e. The molecule has 0 unspecified atom stereocenters. The number of carbonyl (C=O) groups is 1. The van der Waals surface area contributed by atoms with E-state index in [2.05, 4.69) is 10.3 Å². The first kappa shape index (κ1) is 18.5. The van der Waals surface area contributed by atoms with Gasteiger partial charge >= 0.3 is 0 Å². The van der Waals surface area contributed by atoms with Gasteiger partial charge in [0.2, 0.25) is 5.91 Å². The topological polar surface area (TPSA) is 64.4 Å². The van der Waals surface area contributed by atoms with Crippen molar-refractivity contribution in [1.29, 1.82) is 0 Å². The Hall–Kier alpha value is -2.25. The molecule has 0 aliphatic carbocycles. The number of thiazole rings is 1. The van der Waals surface area contributed by atoms with Crippen molar-refractivity contribution in [2.24, 2.45) is 0 Å². The van der Waals surface area contributed by atoms with E-state index in [0.717, 1.165) is 28.6 Å². The quantitative estimate of drug-likeness (QED) is 0.600. The number of amides is 1. The van der Waals surface area contributed by atoms with Crippen LogP contribution >= 0.6 is 23.1 Å². The maximum Gasteiger partial charge on any atom is 0.230 e. The Morgan fingerprint density at radius 3 is 2.88 bits per heavy atom. The van der Waals surface area contributed by atoms with Gasteiger partial charge in [0.25, 0.3) is 0 Å². The van der Waals surface area contributed by atoms with Gasteiger partial charge in [-0.25, -0.2) is 4.98 Å². The summed E-state index contributed by atoms with van der Waals surface area (Å²) in [7, 11) is 1.65. The standard InChI is InChI=1S/C19H20N2O3S2/c1-23-16-6-4-14(5-7-16)8-9-20-18(22)13-25-11-15-12-26-19(21-15)17-3-2-10-24-17/h2-7,10,12H,8-9,11,13H2,1H3,(H,20,22). The molecule has 0 fully saturated rings. The molecule has 136 valence electrons. The molecular formula is C19H20N2O3S2. The number of rotatable bonds is 9. The second-order valence-corrected chi connectivity index (χ2v) is 7.41. The predicted octanol–water partition coefficient (Wildman–Crippen LogP) is 4.00. The summed E-state index contributed by atoms with van der Waals surface area (Å²) in [5.41, 5.74) is 2.14. The Labute approximate surface area is 160 Å². The molecule has 0 saturated carbocycles. The van der Waals surface area contributed by atoms with Crippen molar-refractivity contribution in [3.63, 3.8) is 0 Å². The minimum atomic E-state index is 0.0463. The molecule has 0 spiro atoms. The van der Waals surface area contributed by atoms with Crippen LogP contribution < -0.4 is 10.1 Å². The molecule has 2 heterocycles. The van der Waals surface area contributed by atoms with Gasteiger partial charge in [0.05, 0.1) is 24.8 Å². The smallest absolute Gasteiger partial charge is 0.230 e. The van der Waals surface area contributed by atoms with Crippen LogP contribution in [0.4, 0.5) is 0 Å². The second kappa shape index (κ2) is 9.45. The summed E-state index contributed by atoms with van der Waals surface area (Å²) in [6, 6.07) is 11.6. The molecule has 3 aromatic rings. The van der Waals surface area contributed by atoms with Crippen molar-refractivity contribution in [2.75, 3.05) is 19.4 Å². The number of hydrogen-bond acceptors (Lipinski definition) is 6. The van der Waals surface area contributed by atoms with E-state index in [-0.39, 0.29) is 5.91 Å². The van der Waals surface area contributed by atoms with Crippen LogP contribution in [0, 0.1) is 0 Å². The lowest BCUT2D eigenvalue weighted by Crippen LogP contribution is -2.27. The number of nitrogens with zero attached hydrogens (tertiary/aromatic N) is 1. The predicted molar refractivity (Wildman–Crippen MR) is 106 cm³/mol. The summed E-state index contributed by atoms with van der Waals surface area (Å²) in [4.78, 5) is 16.5. The van der Waals surface area contributed by atoms with E-state index in [1.54, 1.807) is 36.5 Å². The van der Waals surface area contributed by atoms with Crippen molar-refractivity contribution in [2.45, 2.75) is 12.2 Å². The number of thioether (sulfide) groups is 1. The third-order valence-corrected chi connectivity index (χ3v) is 5.53. The van der Waals surface area contributed by atoms with E-state index >= 15 is 0 Å². The Kier molecular flexibility index (Phi) is 6.74. The highest BCUT2D eigenvalue weighted by atomic mass is 32.2. The molecule has 0 atom stereocenters. The lowest BCUT2D eigenvalue weighted by atomic mass is 10.1. The van der Waals surface area contributed by atoms with Crippen molar-refractivity contribution < 1.29 is 13.9 Å². The summed E-state index contributed by atoms with van der Waals surface area (Å²) in [5.74, 6) is 2.80. The van der Waals surface area contributed by atoms with Crippen molar-refractivity contribution in [3.05, 3.63) is 59.3 Å². The highest BCUT2D eigenvalue weighted by Gasteiger charge is 2.08. The lowest BCUT2D eigenvalue weighted by molar-refractivity contribution is -0.118. The number of benzene rings is 1. The van der Waals surface area contributed by atoms with Gasteiger partial charge in [0.15, 0.2) is 10.8 Å². The van der Waals surface area contributed by atoms with Crippen molar-refractivity contribution in [1.82, 2.24) is 10.3 Å². The van der Waals surface area contributed by atoms with Crippen LogP contribution in [-0.2, 0) is 17.0 Å². The Morgan fingerprint density at radius 2 is 2.15 bits per heavy atom. The first-order chi connectivity index (χ1) is 12.7. The summed E-state index contributed by atoms with van der Waals surface area (Å²) < 4.78 is 10.5. The minimum absolute atomic E-state index is 0.0463. The molecule has 0 radical (unpaired) electrons. The largest absolute Gasteiger partial charge is 0.497 e. The summed E-state index contributed by atoms with van der Waals surface area (Å²) in [6.45, 7) is 0.630. The molecule has 1 aromatic carbocycles. The Morgan fingerprint density at radius 1 is 1.31 bits per heavy atom. The molecule has 0 aliphatic rings. The summed E-state index contributed by atoms with van der Waals surface area (Å²) in [5, 5.41) is 5.83. The second-order valence-electron chi connectivity index (χ2n) is 5.56. The average molecular weight is 389 g/mol.